The number of aryl methyl sites for hydroxylation is 1. The topological polar surface area (TPSA) is 41.1 Å². The molecule has 0 spiro atoms. The predicted molar refractivity (Wildman–Crippen MR) is 74.8 cm³/mol. The Bertz CT molecular complexity index is 403. The first-order chi connectivity index (χ1) is 8.46. The van der Waals surface area contributed by atoms with E-state index in [1.165, 1.54) is 18.4 Å². The van der Waals surface area contributed by atoms with Crippen LogP contribution in [0.2, 0.25) is 0 Å². The normalized spacial score (nSPS) is 16.3. The molecule has 1 aliphatic heterocycles. The van der Waals surface area contributed by atoms with Gasteiger partial charge in [0.05, 0.1) is 0 Å². The quantitative estimate of drug-likeness (QED) is 0.891. The zero-order valence-electron chi connectivity index (χ0n) is 12.0. The fourth-order valence-electron chi connectivity index (χ4n) is 2.17. The van der Waals surface area contributed by atoms with Gasteiger partial charge < -0.3 is 10.2 Å². The van der Waals surface area contributed by atoms with Crippen LogP contribution in [0.1, 0.15) is 45.0 Å². The highest BCUT2D eigenvalue weighted by Crippen LogP contribution is 2.22. The van der Waals surface area contributed by atoms with Gasteiger partial charge in [0, 0.05) is 36.9 Å². The SMILES string of the molecule is Cc1ncc(CNC(C)(C)C)c(N2CCCC2)n1. The first-order valence-electron chi connectivity index (χ1n) is 6.78. The minimum atomic E-state index is 0.118. The van der Waals surface area contributed by atoms with E-state index in [1.54, 1.807) is 0 Å². The second-order valence-electron chi connectivity index (χ2n) is 6.06. The Labute approximate surface area is 110 Å². The monoisotopic (exact) mass is 248 g/mol. The molecule has 18 heavy (non-hydrogen) atoms. The molecule has 0 amide bonds. The Hall–Kier alpha value is -1.16. The van der Waals surface area contributed by atoms with Gasteiger partial charge in [-0.3, -0.25) is 0 Å². The first kappa shape index (κ1) is 13.3. The summed E-state index contributed by atoms with van der Waals surface area (Å²) in [7, 11) is 0. The van der Waals surface area contributed by atoms with E-state index in [4.69, 9.17) is 0 Å². The van der Waals surface area contributed by atoms with Gasteiger partial charge in [-0.2, -0.15) is 0 Å². The molecule has 100 valence electrons. The Balaban J connectivity index is 2.17. The molecule has 1 saturated heterocycles. The summed E-state index contributed by atoms with van der Waals surface area (Å²) < 4.78 is 0. The molecule has 2 heterocycles. The van der Waals surface area contributed by atoms with Crippen LogP contribution in [-0.4, -0.2) is 28.6 Å². The van der Waals surface area contributed by atoms with E-state index in [9.17, 15) is 0 Å². The van der Waals surface area contributed by atoms with Crippen molar-refractivity contribution in [2.24, 2.45) is 0 Å². The summed E-state index contributed by atoms with van der Waals surface area (Å²) in [5.41, 5.74) is 1.32. The molecule has 0 atom stereocenters. The minimum Gasteiger partial charge on any atom is -0.356 e. The molecular weight excluding hydrogens is 224 g/mol. The van der Waals surface area contributed by atoms with Crippen molar-refractivity contribution >= 4 is 5.82 Å². The minimum absolute atomic E-state index is 0.118. The average Bonchev–Trinajstić information content (AvgIpc) is 2.79. The highest BCUT2D eigenvalue weighted by molar-refractivity contribution is 5.46. The predicted octanol–water partition coefficient (Wildman–Crippen LogP) is 2.27. The van der Waals surface area contributed by atoms with Crippen LogP contribution < -0.4 is 10.2 Å². The van der Waals surface area contributed by atoms with Crippen molar-refractivity contribution in [3.8, 4) is 0 Å². The highest BCUT2D eigenvalue weighted by atomic mass is 15.2. The van der Waals surface area contributed by atoms with E-state index in [1.807, 2.05) is 13.1 Å². The van der Waals surface area contributed by atoms with E-state index >= 15 is 0 Å². The van der Waals surface area contributed by atoms with Gasteiger partial charge in [-0.05, 0) is 40.5 Å². The summed E-state index contributed by atoms with van der Waals surface area (Å²) in [6.45, 7) is 11.6. The number of anilines is 1. The van der Waals surface area contributed by atoms with Gasteiger partial charge in [-0.15, -0.1) is 0 Å². The van der Waals surface area contributed by atoms with Crippen LogP contribution in [0.25, 0.3) is 0 Å². The maximum absolute atomic E-state index is 4.63. The van der Waals surface area contributed by atoms with Crippen molar-refractivity contribution < 1.29 is 0 Å². The largest absolute Gasteiger partial charge is 0.356 e. The summed E-state index contributed by atoms with van der Waals surface area (Å²) >= 11 is 0. The highest BCUT2D eigenvalue weighted by Gasteiger charge is 2.19. The van der Waals surface area contributed by atoms with Gasteiger partial charge in [-0.1, -0.05) is 0 Å². The lowest BCUT2D eigenvalue weighted by molar-refractivity contribution is 0.423. The molecule has 0 aliphatic carbocycles. The lowest BCUT2D eigenvalue weighted by Gasteiger charge is -2.24. The number of hydrogen-bond acceptors (Lipinski definition) is 4. The van der Waals surface area contributed by atoms with Crippen LogP contribution in [-0.2, 0) is 6.54 Å². The van der Waals surface area contributed by atoms with Crippen molar-refractivity contribution in [3.63, 3.8) is 0 Å². The number of hydrogen-bond donors (Lipinski definition) is 1. The number of nitrogens with one attached hydrogen (secondary N) is 1. The van der Waals surface area contributed by atoms with Crippen molar-refractivity contribution in [1.82, 2.24) is 15.3 Å². The van der Waals surface area contributed by atoms with E-state index in [0.29, 0.717) is 0 Å². The third kappa shape index (κ3) is 3.42. The number of nitrogens with zero attached hydrogens (tertiary/aromatic N) is 3. The number of aromatic nitrogens is 2. The van der Waals surface area contributed by atoms with E-state index in [-0.39, 0.29) is 5.54 Å². The van der Waals surface area contributed by atoms with Gasteiger partial charge >= 0.3 is 0 Å². The van der Waals surface area contributed by atoms with Crippen molar-refractivity contribution in [3.05, 3.63) is 17.6 Å². The molecule has 0 aromatic carbocycles. The fraction of sp³-hybridized carbons (Fsp3) is 0.714. The lowest BCUT2D eigenvalue weighted by Crippen LogP contribution is -2.36. The van der Waals surface area contributed by atoms with Crippen LogP contribution in [0, 0.1) is 6.92 Å². The molecule has 1 N–H and O–H groups in total. The lowest BCUT2D eigenvalue weighted by atomic mass is 10.1. The smallest absolute Gasteiger partial charge is 0.136 e. The molecule has 1 aliphatic rings. The third-order valence-electron chi connectivity index (χ3n) is 3.18. The van der Waals surface area contributed by atoms with Crippen LogP contribution in [0.3, 0.4) is 0 Å². The molecule has 0 saturated carbocycles. The van der Waals surface area contributed by atoms with Gasteiger partial charge in [0.1, 0.15) is 11.6 Å². The number of rotatable bonds is 3. The molecular formula is C14H24N4. The third-order valence-corrected chi connectivity index (χ3v) is 3.18. The maximum Gasteiger partial charge on any atom is 0.136 e. The first-order valence-corrected chi connectivity index (χ1v) is 6.78. The van der Waals surface area contributed by atoms with Crippen LogP contribution in [0.4, 0.5) is 5.82 Å². The van der Waals surface area contributed by atoms with Gasteiger partial charge in [0.15, 0.2) is 0 Å². The second-order valence-corrected chi connectivity index (χ2v) is 6.06. The Morgan fingerprint density at radius 2 is 1.94 bits per heavy atom. The van der Waals surface area contributed by atoms with Gasteiger partial charge in [0.25, 0.3) is 0 Å². The molecule has 1 aromatic rings. The standard InChI is InChI=1S/C14H24N4/c1-11-15-9-12(10-16-14(2,3)4)13(17-11)18-7-5-6-8-18/h9,16H,5-8,10H2,1-4H3. The Kier molecular flexibility index (Phi) is 3.85. The molecule has 1 aromatic heterocycles. The summed E-state index contributed by atoms with van der Waals surface area (Å²) in [5.74, 6) is 1.98. The summed E-state index contributed by atoms with van der Waals surface area (Å²) in [4.78, 5) is 11.3. The molecule has 4 nitrogen and oxygen atoms in total. The van der Waals surface area contributed by atoms with Crippen molar-refractivity contribution in [2.75, 3.05) is 18.0 Å². The second kappa shape index (κ2) is 5.22. The molecule has 0 unspecified atom stereocenters. The van der Waals surface area contributed by atoms with Crippen molar-refractivity contribution in [1.29, 1.82) is 0 Å². The summed E-state index contributed by atoms with van der Waals surface area (Å²) in [5, 5.41) is 3.51. The van der Waals surface area contributed by atoms with Gasteiger partial charge in [0.2, 0.25) is 0 Å². The molecule has 2 rings (SSSR count). The molecule has 1 fully saturated rings. The van der Waals surface area contributed by atoms with E-state index in [0.717, 1.165) is 31.3 Å². The average molecular weight is 248 g/mol. The summed E-state index contributed by atoms with van der Waals surface area (Å²) in [6.07, 6.45) is 4.51. The molecule has 0 radical (unpaired) electrons. The molecule has 0 bridgehead atoms. The van der Waals surface area contributed by atoms with E-state index in [2.05, 4.69) is 41.0 Å². The van der Waals surface area contributed by atoms with Crippen LogP contribution in [0.5, 0.6) is 0 Å². The Morgan fingerprint density at radius 3 is 2.56 bits per heavy atom. The summed E-state index contributed by atoms with van der Waals surface area (Å²) in [6, 6.07) is 0. The van der Waals surface area contributed by atoms with E-state index < -0.39 is 0 Å². The maximum atomic E-state index is 4.63. The van der Waals surface area contributed by atoms with Gasteiger partial charge in [-0.25, -0.2) is 9.97 Å². The fourth-order valence-corrected chi connectivity index (χ4v) is 2.17. The zero-order valence-corrected chi connectivity index (χ0v) is 12.0. The Morgan fingerprint density at radius 1 is 1.28 bits per heavy atom. The van der Waals surface area contributed by atoms with Crippen LogP contribution in [0.15, 0.2) is 6.20 Å². The zero-order chi connectivity index (χ0) is 13.2. The van der Waals surface area contributed by atoms with Crippen molar-refractivity contribution in [2.45, 2.75) is 52.6 Å². The molecule has 4 heteroatoms. The van der Waals surface area contributed by atoms with Crippen LogP contribution >= 0.6 is 0 Å².